The normalized spacial score (nSPS) is 18.6. The summed E-state index contributed by atoms with van der Waals surface area (Å²) in [6, 6.07) is 0. The number of carbonyl (C=O) groups is 2. The third-order valence-electron chi connectivity index (χ3n) is 1.42. The molecule has 8 heteroatoms. The zero-order valence-corrected chi connectivity index (χ0v) is 12.6. The van der Waals surface area contributed by atoms with Gasteiger partial charge in [0.15, 0.2) is 12.4 Å². The molecule has 7 nitrogen and oxygen atoms in total. The molecule has 0 aliphatic heterocycles. The van der Waals surface area contributed by atoms with Crippen molar-refractivity contribution in [3.05, 3.63) is 0 Å². The van der Waals surface area contributed by atoms with E-state index < -0.39 is 30.4 Å². The zero-order chi connectivity index (χ0) is 10.6. The van der Waals surface area contributed by atoms with Crippen molar-refractivity contribution < 1.29 is 35.1 Å². The van der Waals surface area contributed by atoms with Gasteiger partial charge in [-0.1, -0.05) is 0 Å². The van der Waals surface area contributed by atoms with Crippen molar-refractivity contribution in [3.63, 3.8) is 0 Å². The van der Waals surface area contributed by atoms with Gasteiger partial charge in [-0.05, 0) is 0 Å². The Morgan fingerprint density at radius 2 is 1.50 bits per heavy atom. The Labute approximate surface area is 98.1 Å². The van der Waals surface area contributed by atoms with E-state index in [1.54, 1.807) is 0 Å². The van der Waals surface area contributed by atoms with Crippen LogP contribution in [0.25, 0.3) is 0 Å². The number of carbonyl (C=O) groups excluding carboxylic acids is 1. The van der Waals surface area contributed by atoms with Crippen molar-refractivity contribution in [1.29, 1.82) is 0 Å². The van der Waals surface area contributed by atoms with Crippen molar-refractivity contribution >= 4 is 38.5 Å². The molecule has 0 aliphatic carbocycles. The number of carboxylic acids is 1. The van der Waals surface area contributed by atoms with Crippen molar-refractivity contribution in [2.24, 2.45) is 0 Å². The Balaban J connectivity index is 0. The van der Waals surface area contributed by atoms with Gasteiger partial charge < -0.3 is 30.3 Å². The van der Waals surface area contributed by atoms with Crippen molar-refractivity contribution in [2.45, 2.75) is 24.4 Å². The van der Waals surface area contributed by atoms with Crippen LogP contribution in [-0.4, -0.2) is 88.4 Å². The number of hydrogen-bond donors (Lipinski definition) is 5. The number of aliphatic hydroxyl groups excluding tert-OH is 4. The molecule has 84 valence electrons. The van der Waals surface area contributed by atoms with E-state index in [1.165, 1.54) is 0 Å². The first-order chi connectivity index (χ1) is 5.91. The Bertz CT molecular complexity index is 197. The molecule has 0 rings (SSSR count). The second kappa shape index (κ2) is 7.19. The quantitative estimate of drug-likeness (QED) is 0.230. The van der Waals surface area contributed by atoms with Crippen molar-refractivity contribution in [3.8, 4) is 0 Å². The van der Waals surface area contributed by atoms with E-state index >= 15 is 0 Å². The molecule has 0 saturated heterocycles. The fourth-order valence-electron chi connectivity index (χ4n) is 0.615. The molecule has 14 heavy (non-hydrogen) atoms. The Morgan fingerprint density at radius 3 is 1.79 bits per heavy atom. The maximum absolute atomic E-state index is 10.1. The molecule has 5 N–H and O–H groups in total. The summed E-state index contributed by atoms with van der Waals surface area (Å²) < 4.78 is 0. The number of hydrogen-bond acceptors (Lipinski definition) is 6. The molecule has 0 aromatic heterocycles. The van der Waals surface area contributed by atoms with Crippen molar-refractivity contribution in [1.82, 2.24) is 0 Å². The first-order valence-electron chi connectivity index (χ1n) is 3.32. The molecule has 0 bridgehead atoms. The van der Waals surface area contributed by atoms with Gasteiger partial charge >= 0.3 is 32.2 Å². The molecule has 0 fully saturated rings. The molecule has 0 spiro atoms. The molecule has 0 aliphatic rings. The third-order valence-corrected chi connectivity index (χ3v) is 1.42. The van der Waals surface area contributed by atoms with Crippen LogP contribution in [0, 0.1) is 0 Å². The monoisotopic (exact) mass is 406 g/mol. The molecular weight excluding hydrogens is 393 g/mol. The molecule has 4 atom stereocenters. The van der Waals surface area contributed by atoms with Crippen LogP contribution in [-0.2, 0) is 9.59 Å². The summed E-state index contributed by atoms with van der Waals surface area (Å²) in [6.07, 6.45) is -8.39. The minimum absolute atomic E-state index is 0. The van der Waals surface area contributed by atoms with Crippen molar-refractivity contribution in [2.75, 3.05) is 0 Å². The first-order valence-corrected chi connectivity index (χ1v) is 3.32. The molecule has 0 heterocycles. The second-order valence-electron chi connectivity index (χ2n) is 2.39. The van der Waals surface area contributed by atoms with Gasteiger partial charge in [0, 0.05) is 0 Å². The van der Waals surface area contributed by atoms with Gasteiger partial charge in [0.05, 0.1) is 0 Å². The third kappa shape index (κ3) is 4.39. The summed E-state index contributed by atoms with van der Waals surface area (Å²) in [6.45, 7) is 0. The summed E-state index contributed by atoms with van der Waals surface area (Å²) in [4.78, 5) is 20.0. The van der Waals surface area contributed by atoms with Gasteiger partial charge in [-0.15, -0.1) is 0 Å². The van der Waals surface area contributed by atoms with E-state index in [9.17, 15) is 9.59 Å². The SMILES string of the molecule is O=CC(O)C(O)C(O)C(O)C(=O)O.[BiH3]. The molecule has 0 amide bonds. The average Bonchev–Trinajstić information content (AvgIpc) is 2.12. The summed E-state index contributed by atoms with van der Waals surface area (Å²) in [5.41, 5.74) is 0. The number of rotatable bonds is 5. The summed E-state index contributed by atoms with van der Waals surface area (Å²) >= 11 is 0. The molecule has 0 aromatic carbocycles. The van der Waals surface area contributed by atoms with Crippen LogP contribution in [0.5, 0.6) is 0 Å². The van der Waals surface area contributed by atoms with E-state index in [2.05, 4.69) is 0 Å². The molecule has 0 saturated carbocycles. The molecular formula is C6H13BiO7. The standard InChI is InChI=1S/C6H10O7.Bi.3H/c7-1-2(8)3(9)4(10)5(11)6(12)13;;;;/h1-5,8-11H,(H,12,13);;;;. The summed E-state index contributed by atoms with van der Waals surface area (Å²) in [7, 11) is 0. The molecule has 0 aromatic rings. The van der Waals surface area contributed by atoms with Gasteiger partial charge in [0.2, 0.25) is 0 Å². The van der Waals surface area contributed by atoms with Crippen LogP contribution in [0.3, 0.4) is 0 Å². The minimum atomic E-state index is -2.25. The van der Waals surface area contributed by atoms with E-state index in [0.29, 0.717) is 0 Å². The maximum atomic E-state index is 10.1. The average molecular weight is 406 g/mol. The zero-order valence-electron chi connectivity index (χ0n) is 7.15. The van der Waals surface area contributed by atoms with Gasteiger partial charge in [-0.25, -0.2) is 4.79 Å². The Kier molecular flexibility index (Phi) is 8.38. The van der Waals surface area contributed by atoms with Crippen LogP contribution in [0.1, 0.15) is 0 Å². The van der Waals surface area contributed by atoms with Gasteiger partial charge in [-0.3, -0.25) is 0 Å². The van der Waals surface area contributed by atoms with Crippen LogP contribution >= 0.6 is 0 Å². The number of aliphatic carboxylic acids is 1. The van der Waals surface area contributed by atoms with E-state index in [1.807, 2.05) is 0 Å². The summed E-state index contributed by atoms with van der Waals surface area (Å²) in [5.74, 6) is -1.76. The van der Waals surface area contributed by atoms with Crippen LogP contribution < -0.4 is 0 Å². The fourth-order valence-corrected chi connectivity index (χ4v) is 0.615. The molecule has 4 unspecified atom stereocenters. The summed E-state index contributed by atoms with van der Waals surface area (Å²) in [5, 5.41) is 43.2. The van der Waals surface area contributed by atoms with Gasteiger partial charge in [0.1, 0.15) is 18.3 Å². The Morgan fingerprint density at radius 1 is 1.07 bits per heavy atom. The second-order valence-corrected chi connectivity index (χ2v) is 2.39. The van der Waals surface area contributed by atoms with Crippen LogP contribution in [0.15, 0.2) is 0 Å². The van der Waals surface area contributed by atoms with E-state index in [0.717, 1.165) is 0 Å². The fraction of sp³-hybridized carbons (Fsp3) is 0.667. The number of carboxylic acid groups (broad SMARTS) is 1. The molecule has 0 radical (unpaired) electrons. The van der Waals surface area contributed by atoms with Gasteiger partial charge in [0.25, 0.3) is 0 Å². The van der Waals surface area contributed by atoms with Gasteiger partial charge in [-0.2, -0.15) is 0 Å². The van der Waals surface area contributed by atoms with E-state index in [-0.39, 0.29) is 32.5 Å². The predicted octanol–water partition coefficient (Wildman–Crippen LogP) is -4.47. The first kappa shape index (κ1) is 16.3. The van der Waals surface area contributed by atoms with E-state index in [4.69, 9.17) is 25.5 Å². The van der Waals surface area contributed by atoms with Crippen LogP contribution in [0.2, 0.25) is 0 Å². The number of aliphatic hydroxyl groups is 4. The predicted molar refractivity (Wildman–Crippen MR) is 47.7 cm³/mol. The Hall–Kier alpha value is -0.137. The van der Waals surface area contributed by atoms with Crippen LogP contribution in [0.4, 0.5) is 0 Å². The topological polar surface area (TPSA) is 135 Å². The number of aldehydes is 1.